The fourth-order valence-electron chi connectivity index (χ4n) is 1.94. The molecule has 0 aliphatic carbocycles. The number of allylic oxidation sites excluding steroid dienone is 4. The van der Waals surface area contributed by atoms with E-state index in [0.29, 0.717) is 17.0 Å². The lowest BCUT2D eigenvalue weighted by Crippen LogP contribution is -2.37. The third-order valence-electron chi connectivity index (χ3n) is 3.06. The van der Waals surface area contributed by atoms with Crippen molar-refractivity contribution < 1.29 is 9.53 Å². The summed E-state index contributed by atoms with van der Waals surface area (Å²) < 4.78 is 5.11. The summed E-state index contributed by atoms with van der Waals surface area (Å²) in [6.45, 7) is 9.15. The highest BCUT2D eigenvalue weighted by Gasteiger charge is 2.24. The van der Waals surface area contributed by atoms with Crippen LogP contribution < -0.4 is 17.3 Å². The molecule has 0 aromatic carbocycles. The predicted octanol–water partition coefficient (Wildman–Crippen LogP) is 2.36. The predicted molar refractivity (Wildman–Crippen MR) is 99.0 cm³/mol. The number of hydrogen-bond acceptors (Lipinski definition) is 7. The number of hydrazine groups is 1. The van der Waals surface area contributed by atoms with Crippen LogP contribution >= 0.6 is 11.3 Å². The first-order valence-electron chi connectivity index (χ1n) is 7.36. The standard InChI is InChI=1S/C17H24N4O2S/c1-5-7-8-14(12(4)18)21(20)16(17(22)23-6-2)15(19)13-9-11(3)24-10-13/h5,7-10H,1,6,18-20H2,2-4H3/b8-7-,14-12-,16-15+. The largest absolute Gasteiger partial charge is 0.461 e. The maximum atomic E-state index is 12.4. The first-order chi connectivity index (χ1) is 11.3. The van der Waals surface area contributed by atoms with Crippen LogP contribution in [0.15, 0.2) is 53.3 Å². The Labute approximate surface area is 146 Å². The molecule has 24 heavy (non-hydrogen) atoms. The number of rotatable bonds is 7. The molecule has 0 radical (unpaired) electrons. The second kappa shape index (κ2) is 8.95. The van der Waals surface area contributed by atoms with E-state index in [-0.39, 0.29) is 18.0 Å². The summed E-state index contributed by atoms with van der Waals surface area (Å²) in [5, 5.41) is 3.01. The van der Waals surface area contributed by atoms with E-state index >= 15 is 0 Å². The van der Waals surface area contributed by atoms with Gasteiger partial charge in [-0.15, -0.1) is 11.3 Å². The second-order valence-corrected chi connectivity index (χ2v) is 6.08. The zero-order chi connectivity index (χ0) is 18.3. The van der Waals surface area contributed by atoms with Crippen molar-refractivity contribution in [3.8, 4) is 0 Å². The lowest BCUT2D eigenvalue weighted by Gasteiger charge is -2.24. The highest BCUT2D eigenvalue weighted by atomic mass is 32.1. The van der Waals surface area contributed by atoms with E-state index in [4.69, 9.17) is 22.0 Å². The van der Waals surface area contributed by atoms with Gasteiger partial charge in [-0.1, -0.05) is 18.7 Å². The average molecular weight is 348 g/mol. The van der Waals surface area contributed by atoms with E-state index < -0.39 is 5.97 Å². The molecule has 0 aliphatic heterocycles. The fourth-order valence-corrected chi connectivity index (χ4v) is 2.64. The Morgan fingerprint density at radius 2 is 2.12 bits per heavy atom. The molecule has 0 spiro atoms. The lowest BCUT2D eigenvalue weighted by atomic mass is 10.1. The van der Waals surface area contributed by atoms with Gasteiger partial charge in [0.25, 0.3) is 0 Å². The Morgan fingerprint density at radius 1 is 1.46 bits per heavy atom. The number of carbonyl (C=O) groups excluding carboxylic acids is 1. The van der Waals surface area contributed by atoms with Crippen molar-refractivity contribution in [2.75, 3.05) is 6.61 Å². The molecule has 6 N–H and O–H groups in total. The van der Waals surface area contributed by atoms with Gasteiger partial charge in [-0.2, -0.15) is 0 Å². The van der Waals surface area contributed by atoms with Crippen molar-refractivity contribution in [3.05, 3.63) is 63.8 Å². The van der Waals surface area contributed by atoms with Crippen molar-refractivity contribution in [1.29, 1.82) is 0 Å². The molecule has 0 saturated carbocycles. The molecule has 1 aromatic heterocycles. The second-order valence-electron chi connectivity index (χ2n) is 4.96. The van der Waals surface area contributed by atoms with Crippen molar-refractivity contribution in [2.24, 2.45) is 17.3 Å². The summed E-state index contributed by atoms with van der Waals surface area (Å²) in [7, 11) is 0. The highest BCUT2D eigenvalue weighted by Crippen LogP contribution is 2.24. The molecule has 6 nitrogen and oxygen atoms in total. The first kappa shape index (κ1) is 19.5. The quantitative estimate of drug-likeness (QED) is 0.229. The summed E-state index contributed by atoms with van der Waals surface area (Å²) in [5.41, 5.74) is 13.9. The minimum Gasteiger partial charge on any atom is -0.461 e. The van der Waals surface area contributed by atoms with Crippen LogP contribution in [0.25, 0.3) is 5.70 Å². The highest BCUT2D eigenvalue weighted by molar-refractivity contribution is 7.10. The summed E-state index contributed by atoms with van der Waals surface area (Å²) >= 11 is 1.53. The van der Waals surface area contributed by atoms with Crippen LogP contribution in [0.5, 0.6) is 0 Å². The Balaban J connectivity index is 3.48. The maximum Gasteiger partial charge on any atom is 0.358 e. The van der Waals surface area contributed by atoms with Crippen LogP contribution in [0.4, 0.5) is 0 Å². The van der Waals surface area contributed by atoms with E-state index in [1.165, 1.54) is 11.3 Å². The summed E-state index contributed by atoms with van der Waals surface area (Å²) in [6, 6.07) is 1.88. The first-order valence-corrected chi connectivity index (χ1v) is 8.24. The van der Waals surface area contributed by atoms with Crippen molar-refractivity contribution in [3.63, 3.8) is 0 Å². The number of nitrogens with zero attached hydrogens (tertiary/aromatic N) is 1. The van der Waals surface area contributed by atoms with Gasteiger partial charge in [-0.05, 0) is 32.9 Å². The number of ether oxygens (including phenoxy) is 1. The van der Waals surface area contributed by atoms with Gasteiger partial charge in [0, 0.05) is 21.5 Å². The molecule has 1 heterocycles. The molecule has 0 fully saturated rings. The molecule has 0 bridgehead atoms. The zero-order valence-corrected chi connectivity index (χ0v) is 15.0. The minimum absolute atomic E-state index is 0.0307. The fraction of sp³-hybridized carbons (Fsp3) is 0.235. The van der Waals surface area contributed by atoms with Crippen molar-refractivity contribution >= 4 is 23.0 Å². The molecule has 0 amide bonds. The van der Waals surface area contributed by atoms with E-state index in [0.717, 1.165) is 9.89 Å². The van der Waals surface area contributed by atoms with Crippen LogP contribution in [-0.2, 0) is 9.53 Å². The van der Waals surface area contributed by atoms with E-state index in [1.807, 2.05) is 18.4 Å². The number of thiophene rings is 1. The maximum absolute atomic E-state index is 12.4. The monoisotopic (exact) mass is 348 g/mol. The molecule has 0 atom stereocenters. The third-order valence-corrected chi connectivity index (χ3v) is 3.92. The van der Waals surface area contributed by atoms with E-state index in [2.05, 4.69) is 6.58 Å². The van der Waals surface area contributed by atoms with Gasteiger partial charge in [0.15, 0.2) is 5.70 Å². The topological polar surface area (TPSA) is 108 Å². The number of hydrogen-bond donors (Lipinski definition) is 3. The molecule has 0 unspecified atom stereocenters. The van der Waals surface area contributed by atoms with Gasteiger partial charge in [-0.3, -0.25) is 5.01 Å². The van der Waals surface area contributed by atoms with Crippen molar-refractivity contribution in [1.82, 2.24) is 5.01 Å². The molecule has 130 valence electrons. The van der Waals surface area contributed by atoms with Gasteiger partial charge in [0.2, 0.25) is 0 Å². The third kappa shape index (κ3) is 4.74. The SMILES string of the molecule is C=C/C=C\C(=C(/C)N)N(N)/C(C(=O)OCC)=C(/N)c1csc(C)c1. The molecule has 0 aliphatic rings. The summed E-state index contributed by atoms with van der Waals surface area (Å²) in [4.78, 5) is 13.5. The molecule has 1 rings (SSSR count). The van der Waals surface area contributed by atoms with Crippen LogP contribution in [0.1, 0.15) is 24.3 Å². The Kier molecular flexibility index (Phi) is 7.29. The van der Waals surface area contributed by atoms with Gasteiger partial charge in [0.05, 0.1) is 18.0 Å². The Morgan fingerprint density at radius 3 is 2.58 bits per heavy atom. The van der Waals surface area contributed by atoms with Gasteiger partial charge >= 0.3 is 5.97 Å². The number of esters is 1. The lowest BCUT2D eigenvalue weighted by molar-refractivity contribution is -0.140. The van der Waals surface area contributed by atoms with Crippen LogP contribution in [0.2, 0.25) is 0 Å². The van der Waals surface area contributed by atoms with Crippen LogP contribution in [0, 0.1) is 6.92 Å². The van der Waals surface area contributed by atoms with Crippen LogP contribution in [0.3, 0.4) is 0 Å². The number of aryl methyl sites for hydroxylation is 1. The van der Waals surface area contributed by atoms with Crippen molar-refractivity contribution in [2.45, 2.75) is 20.8 Å². The smallest absolute Gasteiger partial charge is 0.358 e. The Bertz CT molecular complexity index is 697. The van der Waals surface area contributed by atoms with Gasteiger partial charge < -0.3 is 16.2 Å². The molecule has 1 aromatic rings. The molecule has 0 saturated heterocycles. The van der Waals surface area contributed by atoms with E-state index in [1.54, 1.807) is 32.1 Å². The zero-order valence-electron chi connectivity index (χ0n) is 14.2. The van der Waals surface area contributed by atoms with Gasteiger partial charge in [-0.25, -0.2) is 10.6 Å². The molecule has 7 heteroatoms. The van der Waals surface area contributed by atoms with E-state index in [9.17, 15) is 4.79 Å². The normalized spacial score (nSPS) is 13.3. The Hall–Kier alpha value is -2.51. The van der Waals surface area contributed by atoms with Crippen LogP contribution in [-0.4, -0.2) is 17.6 Å². The van der Waals surface area contributed by atoms with Gasteiger partial charge in [0.1, 0.15) is 0 Å². The number of nitrogens with two attached hydrogens (primary N) is 3. The average Bonchev–Trinajstić information content (AvgIpc) is 2.94. The summed E-state index contributed by atoms with van der Waals surface area (Å²) in [5.74, 6) is 5.54. The minimum atomic E-state index is -0.618. The summed E-state index contributed by atoms with van der Waals surface area (Å²) in [6.07, 6.45) is 4.89. The molecular formula is C17H24N4O2S. The molecular weight excluding hydrogens is 324 g/mol. The number of carbonyl (C=O) groups is 1.